The van der Waals surface area contributed by atoms with Gasteiger partial charge in [0.25, 0.3) is 11.5 Å². The van der Waals surface area contributed by atoms with Gasteiger partial charge in [0, 0.05) is 18.2 Å². The number of H-pyrrole nitrogens is 1. The number of nitrogens with one attached hydrogen (secondary N) is 1. The quantitative estimate of drug-likeness (QED) is 0.371. The third kappa shape index (κ3) is 4.06. The molecule has 4 aromatic heterocycles. The van der Waals surface area contributed by atoms with E-state index in [4.69, 9.17) is 9.40 Å². The van der Waals surface area contributed by atoms with Gasteiger partial charge in [-0.3, -0.25) is 9.59 Å². The van der Waals surface area contributed by atoms with Crippen LogP contribution in [-0.2, 0) is 6.54 Å². The second kappa shape index (κ2) is 9.07. The average Bonchev–Trinajstić information content (AvgIpc) is 3.44. The van der Waals surface area contributed by atoms with Crippen LogP contribution in [-0.4, -0.2) is 42.1 Å². The summed E-state index contributed by atoms with van der Waals surface area (Å²) in [5, 5.41) is 5.71. The molecule has 1 N–H and O–H groups in total. The van der Waals surface area contributed by atoms with Crippen molar-refractivity contribution in [2.75, 3.05) is 6.54 Å². The van der Waals surface area contributed by atoms with E-state index < -0.39 is 0 Å². The summed E-state index contributed by atoms with van der Waals surface area (Å²) in [6.07, 6.45) is 1.69. The van der Waals surface area contributed by atoms with Crippen LogP contribution in [0.15, 0.2) is 51.8 Å². The summed E-state index contributed by atoms with van der Waals surface area (Å²) in [5.74, 6) is 1.75. The zero-order chi connectivity index (χ0) is 25.6. The summed E-state index contributed by atoms with van der Waals surface area (Å²) in [7, 11) is 0. The van der Waals surface area contributed by atoms with E-state index in [1.54, 1.807) is 35.4 Å². The highest BCUT2D eigenvalue weighted by atomic mass is 16.3. The lowest BCUT2D eigenvalue weighted by Crippen LogP contribution is -2.32. The standard InChI is InChI=1S/C27H28N6O3/c1-6-32(14-24-29-22-10-8-7-9-18(22)26(34)31-24)27(35)20-12-23(19-11-16(4)36-17(19)5)30-25-21(20)13-28-33(25)15(2)3/h7-13,15H,6,14H2,1-5H3,(H,29,31,34). The highest BCUT2D eigenvalue weighted by molar-refractivity contribution is 6.06. The monoisotopic (exact) mass is 484 g/mol. The largest absolute Gasteiger partial charge is 0.466 e. The molecule has 4 heterocycles. The number of amides is 1. The fourth-order valence-corrected chi connectivity index (χ4v) is 4.48. The number of hydrogen-bond acceptors (Lipinski definition) is 6. The van der Waals surface area contributed by atoms with E-state index in [9.17, 15) is 9.59 Å². The topological polar surface area (TPSA) is 110 Å². The van der Waals surface area contributed by atoms with Gasteiger partial charge in [0.15, 0.2) is 5.65 Å². The summed E-state index contributed by atoms with van der Waals surface area (Å²) in [5.41, 5.74) is 2.98. The lowest BCUT2D eigenvalue weighted by atomic mass is 10.1. The van der Waals surface area contributed by atoms with E-state index in [0.29, 0.717) is 45.6 Å². The first-order valence-corrected chi connectivity index (χ1v) is 12.0. The van der Waals surface area contributed by atoms with Gasteiger partial charge in [-0.1, -0.05) is 12.1 Å². The summed E-state index contributed by atoms with van der Waals surface area (Å²) in [6.45, 7) is 10.3. The lowest BCUT2D eigenvalue weighted by Gasteiger charge is -2.21. The second-order valence-electron chi connectivity index (χ2n) is 9.15. The van der Waals surface area contributed by atoms with Crippen LogP contribution in [0.3, 0.4) is 0 Å². The van der Waals surface area contributed by atoms with Gasteiger partial charge < -0.3 is 14.3 Å². The third-order valence-corrected chi connectivity index (χ3v) is 6.27. The van der Waals surface area contributed by atoms with E-state index in [2.05, 4.69) is 15.1 Å². The van der Waals surface area contributed by atoms with Gasteiger partial charge in [0.05, 0.1) is 40.3 Å². The molecule has 0 atom stereocenters. The van der Waals surface area contributed by atoms with Crippen molar-refractivity contribution in [2.24, 2.45) is 0 Å². The smallest absolute Gasteiger partial charge is 0.258 e. The van der Waals surface area contributed by atoms with Crippen LogP contribution in [0.1, 0.15) is 54.5 Å². The number of fused-ring (bicyclic) bond motifs is 2. The predicted octanol–water partition coefficient (Wildman–Crippen LogP) is 4.79. The van der Waals surface area contributed by atoms with Gasteiger partial charge >= 0.3 is 0 Å². The fourth-order valence-electron chi connectivity index (χ4n) is 4.48. The van der Waals surface area contributed by atoms with E-state index >= 15 is 0 Å². The predicted molar refractivity (Wildman–Crippen MR) is 138 cm³/mol. The van der Waals surface area contributed by atoms with Crippen molar-refractivity contribution in [1.29, 1.82) is 0 Å². The molecule has 0 unspecified atom stereocenters. The number of furan rings is 1. The molecule has 0 saturated heterocycles. The molecule has 0 saturated carbocycles. The minimum Gasteiger partial charge on any atom is -0.466 e. The molecule has 0 fully saturated rings. The number of benzene rings is 1. The third-order valence-electron chi connectivity index (χ3n) is 6.27. The Bertz CT molecular complexity index is 1660. The number of hydrogen-bond donors (Lipinski definition) is 1. The molecule has 1 aromatic carbocycles. The number of carbonyl (C=O) groups is 1. The number of rotatable bonds is 6. The van der Waals surface area contributed by atoms with Gasteiger partial charge in [0.2, 0.25) is 0 Å². The van der Waals surface area contributed by atoms with Gasteiger partial charge in [-0.05, 0) is 58.9 Å². The number of pyridine rings is 1. The molecule has 0 aliphatic heterocycles. The van der Waals surface area contributed by atoms with Crippen molar-refractivity contribution in [3.8, 4) is 11.3 Å². The van der Waals surface area contributed by atoms with E-state index in [0.717, 1.165) is 17.1 Å². The maximum Gasteiger partial charge on any atom is 0.258 e. The maximum atomic E-state index is 13.9. The summed E-state index contributed by atoms with van der Waals surface area (Å²) in [6, 6.07) is 10.9. The normalized spacial score (nSPS) is 11.6. The zero-order valence-corrected chi connectivity index (χ0v) is 21.0. The Morgan fingerprint density at radius 1 is 1.14 bits per heavy atom. The minimum absolute atomic E-state index is 0.0644. The summed E-state index contributed by atoms with van der Waals surface area (Å²) in [4.78, 5) is 40.4. The minimum atomic E-state index is -0.225. The number of carbonyl (C=O) groups excluding carboxylic acids is 1. The fraction of sp³-hybridized carbons (Fsp3) is 0.296. The Hall–Kier alpha value is -4.27. The number of para-hydroxylation sites is 1. The number of nitrogens with zero attached hydrogens (tertiary/aromatic N) is 5. The molecule has 9 heteroatoms. The van der Waals surface area contributed by atoms with Crippen LogP contribution in [0, 0.1) is 13.8 Å². The molecular weight excluding hydrogens is 456 g/mol. The Morgan fingerprint density at radius 2 is 1.92 bits per heavy atom. The Morgan fingerprint density at radius 3 is 2.61 bits per heavy atom. The molecule has 9 nitrogen and oxygen atoms in total. The Balaban J connectivity index is 1.60. The molecule has 5 rings (SSSR count). The van der Waals surface area contributed by atoms with Crippen LogP contribution in [0.4, 0.5) is 0 Å². The molecule has 0 aliphatic carbocycles. The highest BCUT2D eigenvalue weighted by Gasteiger charge is 2.24. The highest BCUT2D eigenvalue weighted by Crippen LogP contribution is 2.30. The lowest BCUT2D eigenvalue weighted by molar-refractivity contribution is 0.0750. The van der Waals surface area contributed by atoms with Crippen LogP contribution in [0.5, 0.6) is 0 Å². The van der Waals surface area contributed by atoms with Crippen molar-refractivity contribution in [3.63, 3.8) is 0 Å². The Kier molecular flexibility index (Phi) is 5.91. The van der Waals surface area contributed by atoms with Gasteiger partial charge in [0.1, 0.15) is 17.3 Å². The maximum absolute atomic E-state index is 13.9. The molecular formula is C27H28N6O3. The van der Waals surface area contributed by atoms with Crippen LogP contribution < -0.4 is 5.56 Å². The van der Waals surface area contributed by atoms with Crippen molar-refractivity contribution < 1.29 is 9.21 Å². The number of aryl methyl sites for hydroxylation is 2. The van der Waals surface area contributed by atoms with E-state index in [1.165, 1.54) is 0 Å². The van der Waals surface area contributed by atoms with Crippen molar-refractivity contribution in [2.45, 2.75) is 47.2 Å². The van der Waals surface area contributed by atoms with Crippen LogP contribution in [0.25, 0.3) is 33.2 Å². The van der Waals surface area contributed by atoms with Crippen LogP contribution >= 0.6 is 0 Å². The van der Waals surface area contributed by atoms with E-state index in [1.807, 2.05) is 51.4 Å². The van der Waals surface area contributed by atoms with Gasteiger partial charge in [-0.25, -0.2) is 14.6 Å². The first-order chi connectivity index (χ1) is 17.3. The molecule has 0 aliphatic rings. The van der Waals surface area contributed by atoms with Crippen molar-refractivity contribution in [3.05, 3.63) is 75.9 Å². The van der Waals surface area contributed by atoms with Crippen molar-refractivity contribution >= 4 is 27.8 Å². The van der Waals surface area contributed by atoms with Gasteiger partial charge in [-0.15, -0.1) is 0 Å². The van der Waals surface area contributed by atoms with Gasteiger partial charge in [-0.2, -0.15) is 5.10 Å². The molecule has 0 radical (unpaired) electrons. The van der Waals surface area contributed by atoms with Crippen LogP contribution in [0.2, 0.25) is 0 Å². The molecule has 5 aromatic rings. The summed E-state index contributed by atoms with van der Waals surface area (Å²) < 4.78 is 7.55. The first kappa shape index (κ1) is 23.5. The molecule has 184 valence electrons. The first-order valence-electron chi connectivity index (χ1n) is 12.0. The molecule has 1 amide bonds. The molecule has 0 bridgehead atoms. The second-order valence-corrected chi connectivity index (χ2v) is 9.15. The van der Waals surface area contributed by atoms with E-state index in [-0.39, 0.29) is 24.1 Å². The molecule has 36 heavy (non-hydrogen) atoms. The SMILES string of the molecule is CCN(Cc1nc2ccccc2c(=O)[nH]1)C(=O)c1cc(-c2cc(C)oc2C)nc2c1cnn2C(C)C. The Labute approximate surface area is 207 Å². The number of aromatic amines is 1. The molecule has 0 spiro atoms. The van der Waals surface area contributed by atoms with Crippen molar-refractivity contribution in [1.82, 2.24) is 29.6 Å². The average molecular weight is 485 g/mol. The zero-order valence-electron chi connectivity index (χ0n) is 21.0. The summed E-state index contributed by atoms with van der Waals surface area (Å²) >= 11 is 0. The number of aromatic nitrogens is 5.